The lowest BCUT2D eigenvalue weighted by Gasteiger charge is -2.43. The summed E-state index contributed by atoms with van der Waals surface area (Å²) in [5.74, 6) is 0.972. The van der Waals surface area contributed by atoms with E-state index in [2.05, 4.69) is 19.1 Å². The van der Waals surface area contributed by atoms with Crippen LogP contribution in [0.2, 0.25) is 0 Å². The molecule has 0 heterocycles. The predicted octanol–water partition coefficient (Wildman–Crippen LogP) is 3.30. The maximum absolute atomic E-state index is 12.7. The number of ketones is 2. The monoisotopic (exact) mass is 286 g/mol. The van der Waals surface area contributed by atoms with Crippen molar-refractivity contribution in [1.29, 1.82) is 0 Å². The Hall–Kier alpha value is -1.64. The third-order valence-corrected chi connectivity index (χ3v) is 5.90. The number of methoxy groups -OCH3 is 1. The second-order valence-corrected chi connectivity index (χ2v) is 6.61. The van der Waals surface area contributed by atoms with Crippen LogP contribution in [-0.2, 0) is 15.0 Å². The SMILES string of the molecule is CC[C@@]1(c2ccc(OC)cc2)CC[C@]2(C)C(=O)C[C@H]1C2=O. The Morgan fingerprint density at radius 1 is 1.19 bits per heavy atom. The zero-order valence-corrected chi connectivity index (χ0v) is 12.9. The van der Waals surface area contributed by atoms with Crippen LogP contribution in [0.3, 0.4) is 0 Å². The number of hydrogen-bond acceptors (Lipinski definition) is 3. The molecule has 0 radical (unpaired) electrons. The number of ether oxygens (including phenoxy) is 1. The summed E-state index contributed by atoms with van der Waals surface area (Å²) >= 11 is 0. The molecule has 3 atom stereocenters. The van der Waals surface area contributed by atoms with Gasteiger partial charge in [-0.2, -0.15) is 0 Å². The molecule has 2 aliphatic rings. The van der Waals surface area contributed by atoms with Crippen molar-refractivity contribution in [3.05, 3.63) is 29.8 Å². The Labute approximate surface area is 125 Å². The molecule has 1 aromatic rings. The van der Waals surface area contributed by atoms with E-state index < -0.39 is 5.41 Å². The molecule has 3 heteroatoms. The fourth-order valence-electron chi connectivity index (χ4n) is 4.28. The number of carbonyl (C=O) groups excluding carboxylic acids is 2. The molecule has 2 aliphatic carbocycles. The number of rotatable bonds is 3. The summed E-state index contributed by atoms with van der Waals surface area (Å²) in [6.45, 7) is 3.97. The molecule has 0 unspecified atom stereocenters. The minimum atomic E-state index is -0.712. The van der Waals surface area contributed by atoms with Crippen LogP contribution in [0.4, 0.5) is 0 Å². The van der Waals surface area contributed by atoms with Crippen molar-refractivity contribution in [1.82, 2.24) is 0 Å². The maximum atomic E-state index is 12.7. The first-order valence-electron chi connectivity index (χ1n) is 7.70. The highest BCUT2D eigenvalue weighted by Crippen LogP contribution is 2.56. The first-order chi connectivity index (χ1) is 9.98. The molecule has 2 fully saturated rings. The molecule has 1 aromatic carbocycles. The van der Waals surface area contributed by atoms with Crippen molar-refractivity contribution >= 4 is 11.6 Å². The van der Waals surface area contributed by atoms with E-state index in [1.807, 2.05) is 19.1 Å². The van der Waals surface area contributed by atoms with Gasteiger partial charge in [-0.15, -0.1) is 0 Å². The van der Waals surface area contributed by atoms with E-state index in [0.29, 0.717) is 12.8 Å². The van der Waals surface area contributed by atoms with Gasteiger partial charge < -0.3 is 4.74 Å². The Morgan fingerprint density at radius 2 is 1.86 bits per heavy atom. The van der Waals surface area contributed by atoms with Gasteiger partial charge in [0.05, 0.1) is 12.5 Å². The second-order valence-electron chi connectivity index (χ2n) is 6.61. The molecule has 21 heavy (non-hydrogen) atoms. The molecule has 2 saturated carbocycles. The van der Waals surface area contributed by atoms with Crippen molar-refractivity contribution < 1.29 is 14.3 Å². The van der Waals surface area contributed by atoms with Crippen LogP contribution >= 0.6 is 0 Å². The van der Waals surface area contributed by atoms with Gasteiger partial charge in [0, 0.05) is 17.8 Å². The van der Waals surface area contributed by atoms with E-state index in [1.54, 1.807) is 7.11 Å². The fourth-order valence-corrected chi connectivity index (χ4v) is 4.28. The van der Waals surface area contributed by atoms with Crippen molar-refractivity contribution in [3.8, 4) is 5.75 Å². The average Bonchev–Trinajstić information content (AvgIpc) is 2.67. The van der Waals surface area contributed by atoms with Gasteiger partial charge in [-0.25, -0.2) is 0 Å². The quantitative estimate of drug-likeness (QED) is 0.801. The Balaban J connectivity index is 2.05. The van der Waals surface area contributed by atoms with E-state index in [9.17, 15) is 9.59 Å². The minimum Gasteiger partial charge on any atom is -0.497 e. The largest absolute Gasteiger partial charge is 0.497 e. The van der Waals surface area contributed by atoms with E-state index >= 15 is 0 Å². The van der Waals surface area contributed by atoms with Crippen molar-refractivity contribution in [2.75, 3.05) is 7.11 Å². The maximum Gasteiger partial charge on any atom is 0.150 e. The summed E-state index contributed by atoms with van der Waals surface area (Å²) in [5.41, 5.74) is 0.270. The predicted molar refractivity (Wildman–Crippen MR) is 80.4 cm³/mol. The molecule has 0 spiro atoms. The van der Waals surface area contributed by atoms with E-state index in [-0.39, 0.29) is 22.9 Å². The zero-order valence-electron chi connectivity index (χ0n) is 12.9. The number of hydrogen-bond donors (Lipinski definition) is 0. The molecule has 0 aliphatic heterocycles. The number of carbonyl (C=O) groups is 2. The van der Waals surface area contributed by atoms with Crippen LogP contribution < -0.4 is 4.74 Å². The molecule has 0 N–H and O–H groups in total. The average molecular weight is 286 g/mol. The molecule has 3 rings (SSSR count). The third-order valence-electron chi connectivity index (χ3n) is 5.90. The van der Waals surface area contributed by atoms with E-state index in [4.69, 9.17) is 4.74 Å². The van der Waals surface area contributed by atoms with Gasteiger partial charge in [0.25, 0.3) is 0 Å². The van der Waals surface area contributed by atoms with Gasteiger partial charge in [0.1, 0.15) is 11.5 Å². The van der Waals surface area contributed by atoms with Crippen molar-refractivity contribution in [3.63, 3.8) is 0 Å². The molecule has 0 amide bonds. The number of Topliss-reactive ketones (excluding diaryl/α,β-unsaturated/α-hetero) is 2. The highest BCUT2D eigenvalue weighted by Gasteiger charge is 2.61. The van der Waals surface area contributed by atoms with Gasteiger partial charge in [-0.3, -0.25) is 9.59 Å². The van der Waals surface area contributed by atoms with Crippen LogP contribution in [0.5, 0.6) is 5.75 Å². The van der Waals surface area contributed by atoms with E-state index in [0.717, 1.165) is 18.6 Å². The van der Waals surface area contributed by atoms with Crippen LogP contribution in [-0.4, -0.2) is 18.7 Å². The molecule has 2 bridgehead atoms. The molecule has 112 valence electrons. The highest BCUT2D eigenvalue weighted by atomic mass is 16.5. The standard InChI is InChI=1S/C18H22O3/c1-4-18(12-5-7-13(21-3)8-6-12)10-9-17(2)15(19)11-14(18)16(17)20/h5-8,14H,4,9-11H2,1-3H3/t14-,17+,18-/m0/s1. The number of benzene rings is 1. The second kappa shape index (κ2) is 4.69. The third kappa shape index (κ3) is 1.79. The van der Waals surface area contributed by atoms with Crippen LogP contribution in [0.25, 0.3) is 0 Å². The van der Waals surface area contributed by atoms with Gasteiger partial charge in [0.2, 0.25) is 0 Å². The normalized spacial score (nSPS) is 35.1. The Kier molecular flexibility index (Phi) is 3.19. The first-order valence-corrected chi connectivity index (χ1v) is 7.70. The lowest BCUT2D eigenvalue weighted by molar-refractivity contribution is -0.138. The molecule has 0 saturated heterocycles. The molecule has 3 nitrogen and oxygen atoms in total. The summed E-state index contributed by atoms with van der Waals surface area (Å²) in [7, 11) is 1.65. The van der Waals surface area contributed by atoms with Crippen LogP contribution in [0, 0.1) is 11.3 Å². The van der Waals surface area contributed by atoms with Crippen molar-refractivity contribution in [2.24, 2.45) is 11.3 Å². The summed E-state index contributed by atoms with van der Waals surface area (Å²) in [4.78, 5) is 25.0. The van der Waals surface area contributed by atoms with Gasteiger partial charge in [-0.05, 0) is 43.9 Å². The lowest BCUT2D eigenvalue weighted by atomic mass is 9.58. The van der Waals surface area contributed by atoms with Gasteiger partial charge in [0.15, 0.2) is 5.78 Å². The topological polar surface area (TPSA) is 43.4 Å². The smallest absolute Gasteiger partial charge is 0.150 e. The summed E-state index contributed by atoms with van der Waals surface area (Å²) < 4.78 is 5.22. The van der Waals surface area contributed by atoms with Crippen molar-refractivity contribution in [2.45, 2.75) is 44.9 Å². The highest BCUT2D eigenvalue weighted by molar-refractivity contribution is 6.15. The number of fused-ring (bicyclic) bond motifs is 2. The molecular weight excluding hydrogens is 264 g/mol. The van der Waals surface area contributed by atoms with Gasteiger partial charge in [-0.1, -0.05) is 19.1 Å². The van der Waals surface area contributed by atoms with Crippen LogP contribution in [0.1, 0.15) is 45.1 Å². The molecular formula is C18H22O3. The minimum absolute atomic E-state index is 0.140. The fraction of sp³-hybridized carbons (Fsp3) is 0.556. The Morgan fingerprint density at radius 3 is 2.43 bits per heavy atom. The van der Waals surface area contributed by atoms with Crippen LogP contribution in [0.15, 0.2) is 24.3 Å². The zero-order chi connectivity index (χ0) is 15.3. The van der Waals surface area contributed by atoms with Gasteiger partial charge >= 0.3 is 0 Å². The lowest BCUT2D eigenvalue weighted by Crippen LogP contribution is -2.46. The van der Waals surface area contributed by atoms with E-state index in [1.165, 1.54) is 5.56 Å². The summed E-state index contributed by atoms with van der Waals surface area (Å²) in [6.07, 6.45) is 2.89. The first kappa shape index (κ1) is 14.3. The Bertz CT molecular complexity index is 589. The summed E-state index contributed by atoms with van der Waals surface area (Å²) in [6, 6.07) is 8.01. The molecule has 0 aromatic heterocycles. The summed E-state index contributed by atoms with van der Waals surface area (Å²) in [5, 5.41) is 0.